The molecule has 0 spiro atoms. The summed E-state index contributed by atoms with van der Waals surface area (Å²) < 4.78 is 15.0. The van der Waals surface area contributed by atoms with Crippen LogP contribution in [-0.4, -0.2) is 41.5 Å². The van der Waals surface area contributed by atoms with Crippen LogP contribution in [0, 0.1) is 15.5 Å². The van der Waals surface area contributed by atoms with Crippen molar-refractivity contribution in [3.8, 4) is 0 Å². The molecule has 10 nitrogen and oxygen atoms in total. The maximum absolute atomic E-state index is 11.9. The number of allylic oxidation sites excluding steroid dienone is 2. The summed E-state index contributed by atoms with van der Waals surface area (Å²) in [4.78, 5) is 42.6. The van der Waals surface area contributed by atoms with Gasteiger partial charge in [-0.15, -0.1) is 0 Å². The first-order chi connectivity index (χ1) is 13.0. The van der Waals surface area contributed by atoms with Crippen LogP contribution in [0.3, 0.4) is 0 Å². The maximum Gasteiger partial charge on any atom is 0.394 e. The summed E-state index contributed by atoms with van der Waals surface area (Å²) in [6, 6.07) is 0. The van der Waals surface area contributed by atoms with E-state index in [1.807, 2.05) is 0 Å². The number of esters is 1. The molecule has 28 heavy (non-hydrogen) atoms. The van der Waals surface area contributed by atoms with Crippen molar-refractivity contribution in [1.82, 2.24) is 5.32 Å². The summed E-state index contributed by atoms with van der Waals surface area (Å²) in [6.45, 7) is 12.4. The summed E-state index contributed by atoms with van der Waals surface area (Å²) in [5.41, 5.74) is -0.972. The van der Waals surface area contributed by atoms with Gasteiger partial charge in [0.25, 0.3) is 5.70 Å². The Hall–Kier alpha value is -2.29. The average Bonchev–Trinajstić information content (AvgIpc) is 2.57. The molecule has 0 fully saturated rings. The lowest BCUT2D eigenvalue weighted by atomic mass is 9.90. The predicted octanol–water partition coefficient (Wildman–Crippen LogP) is 2.58. The standard InChI is InChI=1S/C17H27N2O8P/c1-6-25-16(21)9-10-18-15(20)11-17(4,5)12-26-28(24)27-14(3)8-7-13(2)19(22)23/h7-8,24H,2-3,6,9-12H2,1,4-5H3,(H,18,20)/b8-7-. The van der Waals surface area contributed by atoms with Crippen LogP contribution in [0.5, 0.6) is 0 Å². The van der Waals surface area contributed by atoms with Crippen LogP contribution in [0.1, 0.15) is 33.6 Å². The van der Waals surface area contributed by atoms with Gasteiger partial charge in [0, 0.05) is 19.0 Å². The molecule has 0 aliphatic carbocycles. The Kier molecular flexibility index (Phi) is 11.9. The van der Waals surface area contributed by atoms with Crippen LogP contribution in [0.2, 0.25) is 0 Å². The minimum Gasteiger partial charge on any atom is -0.466 e. The number of hydrogen-bond donors (Lipinski definition) is 2. The molecule has 0 heterocycles. The van der Waals surface area contributed by atoms with Crippen molar-refractivity contribution in [2.75, 3.05) is 19.8 Å². The number of amides is 1. The molecule has 11 heteroatoms. The number of rotatable bonds is 14. The maximum atomic E-state index is 11.9. The van der Waals surface area contributed by atoms with Crippen molar-refractivity contribution < 1.29 is 33.2 Å². The summed E-state index contributed by atoms with van der Waals surface area (Å²) in [5, 5.41) is 13.0. The van der Waals surface area contributed by atoms with Crippen LogP contribution in [-0.2, 0) is 23.4 Å². The Bertz CT molecular complexity index is 618. The van der Waals surface area contributed by atoms with E-state index >= 15 is 0 Å². The van der Waals surface area contributed by atoms with Crippen LogP contribution < -0.4 is 5.32 Å². The highest BCUT2D eigenvalue weighted by Gasteiger charge is 2.25. The zero-order valence-corrected chi connectivity index (χ0v) is 17.2. The highest BCUT2D eigenvalue weighted by molar-refractivity contribution is 7.40. The molecule has 0 radical (unpaired) electrons. The lowest BCUT2D eigenvalue weighted by Gasteiger charge is -2.24. The molecule has 0 aromatic heterocycles. The molecule has 0 saturated carbocycles. The Morgan fingerprint density at radius 2 is 1.96 bits per heavy atom. The average molecular weight is 418 g/mol. The van der Waals surface area contributed by atoms with E-state index in [0.29, 0.717) is 0 Å². The van der Waals surface area contributed by atoms with Crippen molar-refractivity contribution in [2.45, 2.75) is 33.6 Å². The van der Waals surface area contributed by atoms with Gasteiger partial charge in [0.1, 0.15) is 5.76 Å². The molecule has 0 saturated heterocycles. The normalized spacial score (nSPS) is 12.3. The van der Waals surface area contributed by atoms with Gasteiger partial charge in [0.2, 0.25) is 5.91 Å². The zero-order chi connectivity index (χ0) is 21.7. The number of nitro groups is 1. The highest BCUT2D eigenvalue weighted by Crippen LogP contribution is 2.38. The van der Waals surface area contributed by atoms with Crippen molar-refractivity contribution in [2.24, 2.45) is 5.41 Å². The van der Waals surface area contributed by atoms with Gasteiger partial charge < -0.3 is 24.0 Å². The molecule has 0 aliphatic rings. The fourth-order valence-electron chi connectivity index (χ4n) is 1.72. The number of nitrogens with one attached hydrogen (secondary N) is 1. The van der Waals surface area contributed by atoms with Crippen LogP contribution in [0.4, 0.5) is 0 Å². The lowest BCUT2D eigenvalue weighted by molar-refractivity contribution is -0.418. The third-order valence-corrected chi connectivity index (χ3v) is 3.79. The predicted molar refractivity (Wildman–Crippen MR) is 103 cm³/mol. The first-order valence-corrected chi connectivity index (χ1v) is 9.52. The quantitative estimate of drug-likeness (QED) is 0.110. The van der Waals surface area contributed by atoms with Crippen LogP contribution >= 0.6 is 8.60 Å². The molecule has 0 aromatic rings. The fourth-order valence-corrected chi connectivity index (χ4v) is 2.50. The van der Waals surface area contributed by atoms with E-state index in [2.05, 4.69) is 18.5 Å². The monoisotopic (exact) mass is 418 g/mol. The lowest BCUT2D eigenvalue weighted by Crippen LogP contribution is -2.32. The summed E-state index contributed by atoms with van der Waals surface area (Å²) >= 11 is 0. The second kappa shape index (κ2) is 13.0. The van der Waals surface area contributed by atoms with E-state index in [0.717, 1.165) is 6.08 Å². The smallest absolute Gasteiger partial charge is 0.394 e. The van der Waals surface area contributed by atoms with Crippen molar-refractivity contribution in [3.05, 3.63) is 46.9 Å². The van der Waals surface area contributed by atoms with Gasteiger partial charge in [0.15, 0.2) is 0 Å². The van der Waals surface area contributed by atoms with Gasteiger partial charge in [-0.25, -0.2) is 0 Å². The number of ether oxygens (including phenoxy) is 1. The number of nitrogens with zero attached hydrogens (tertiary/aromatic N) is 1. The van der Waals surface area contributed by atoms with Crippen LogP contribution in [0.25, 0.3) is 0 Å². The first-order valence-electron chi connectivity index (χ1n) is 8.39. The molecule has 0 rings (SSSR count). The Morgan fingerprint density at radius 3 is 2.54 bits per heavy atom. The van der Waals surface area contributed by atoms with E-state index in [1.165, 1.54) is 6.08 Å². The third kappa shape index (κ3) is 13.0. The fraction of sp³-hybridized carbons (Fsp3) is 0.529. The van der Waals surface area contributed by atoms with Gasteiger partial charge >= 0.3 is 14.6 Å². The molecule has 0 aromatic carbocycles. The van der Waals surface area contributed by atoms with E-state index in [9.17, 15) is 24.6 Å². The first kappa shape index (κ1) is 25.7. The Balaban J connectivity index is 4.23. The second-order valence-corrected chi connectivity index (χ2v) is 7.31. The van der Waals surface area contributed by atoms with Crippen LogP contribution in [0.15, 0.2) is 36.8 Å². The number of hydrogen-bond acceptors (Lipinski definition) is 8. The van der Waals surface area contributed by atoms with Crippen molar-refractivity contribution >= 4 is 20.5 Å². The molecular formula is C17H27N2O8P. The molecule has 2 N–H and O–H groups in total. The van der Waals surface area contributed by atoms with Crippen molar-refractivity contribution in [3.63, 3.8) is 0 Å². The van der Waals surface area contributed by atoms with Gasteiger partial charge in [-0.05, 0) is 25.0 Å². The van der Waals surface area contributed by atoms with Crippen molar-refractivity contribution in [1.29, 1.82) is 0 Å². The number of carbonyl (C=O) groups is 2. The van der Waals surface area contributed by atoms with Gasteiger partial charge in [0.05, 0.1) is 24.6 Å². The van der Waals surface area contributed by atoms with Gasteiger partial charge in [-0.3, -0.25) is 19.7 Å². The second-order valence-electron chi connectivity index (χ2n) is 6.40. The molecule has 1 atom stereocenters. The third-order valence-electron chi connectivity index (χ3n) is 3.05. The molecule has 1 unspecified atom stereocenters. The molecule has 0 bridgehead atoms. The summed E-state index contributed by atoms with van der Waals surface area (Å²) in [5.74, 6) is -0.692. The summed E-state index contributed by atoms with van der Waals surface area (Å²) in [7, 11) is -2.32. The van der Waals surface area contributed by atoms with E-state index in [1.54, 1.807) is 20.8 Å². The topological polar surface area (TPSA) is 137 Å². The number of carbonyl (C=O) groups excluding carboxylic acids is 2. The molecule has 158 valence electrons. The highest BCUT2D eigenvalue weighted by atomic mass is 31.2. The zero-order valence-electron chi connectivity index (χ0n) is 16.3. The molecule has 0 aliphatic heterocycles. The SMILES string of the molecule is C=C(/C=C\C(=C)[N+](=O)[O-])OP(O)OCC(C)(C)CC(=O)NCCC(=O)OCC. The minimum atomic E-state index is -2.32. The van der Waals surface area contributed by atoms with E-state index in [-0.39, 0.29) is 55.9 Å². The Labute approximate surface area is 165 Å². The Morgan fingerprint density at radius 1 is 1.32 bits per heavy atom. The van der Waals surface area contributed by atoms with E-state index < -0.39 is 18.9 Å². The summed E-state index contributed by atoms with van der Waals surface area (Å²) in [6.07, 6.45) is 2.45. The minimum absolute atomic E-state index is 0.0130. The van der Waals surface area contributed by atoms with Gasteiger partial charge in [-0.1, -0.05) is 20.4 Å². The van der Waals surface area contributed by atoms with Gasteiger partial charge in [-0.2, -0.15) is 0 Å². The largest absolute Gasteiger partial charge is 0.466 e. The van der Waals surface area contributed by atoms with E-state index in [4.69, 9.17) is 13.8 Å². The molecule has 1 amide bonds. The molecular weight excluding hydrogens is 391 g/mol.